The van der Waals surface area contributed by atoms with Gasteiger partial charge in [0.1, 0.15) is 11.6 Å². The summed E-state index contributed by atoms with van der Waals surface area (Å²) in [6.07, 6.45) is 0.767. The molecule has 148 valence electrons. The molecule has 1 aromatic rings. The standard InChI is InChI=1S/C19H23N5O4/c1-22-16(26)19(24(18(22)28)12-13-5-3-2-4-6-13)7-9-23(10-8-19)15(25)14-11-20-17(27)21-14/h2-6,14H,7-12H2,1H3,(H2,20,21,27). The summed E-state index contributed by atoms with van der Waals surface area (Å²) < 4.78 is 0. The van der Waals surface area contributed by atoms with Crippen molar-refractivity contribution in [3.8, 4) is 0 Å². The van der Waals surface area contributed by atoms with Crippen molar-refractivity contribution < 1.29 is 19.2 Å². The van der Waals surface area contributed by atoms with Crippen LogP contribution in [0.5, 0.6) is 0 Å². The van der Waals surface area contributed by atoms with Crippen LogP contribution in [0.15, 0.2) is 30.3 Å². The first-order valence-electron chi connectivity index (χ1n) is 9.39. The Balaban J connectivity index is 1.51. The number of hydrogen-bond acceptors (Lipinski definition) is 4. The molecular weight excluding hydrogens is 362 g/mol. The Bertz CT molecular complexity index is 819. The lowest BCUT2D eigenvalue weighted by Gasteiger charge is -2.42. The van der Waals surface area contributed by atoms with E-state index in [1.165, 1.54) is 11.9 Å². The Morgan fingerprint density at radius 2 is 1.82 bits per heavy atom. The molecule has 0 aromatic heterocycles. The summed E-state index contributed by atoms with van der Waals surface area (Å²) >= 11 is 0. The van der Waals surface area contributed by atoms with Gasteiger partial charge in [-0.2, -0.15) is 0 Å². The van der Waals surface area contributed by atoms with Crippen LogP contribution in [0.3, 0.4) is 0 Å². The van der Waals surface area contributed by atoms with Crippen molar-refractivity contribution in [2.24, 2.45) is 0 Å². The highest BCUT2D eigenvalue weighted by Crippen LogP contribution is 2.38. The van der Waals surface area contributed by atoms with Crippen molar-refractivity contribution >= 4 is 23.9 Å². The molecule has 0 saturated carbocycles. The van der Waals surface area contributed by atoms with Crippen LogP contribution in [0.25, 0.3) is 0 Å². The molecule has 6 amide bonds. The zero-order valence-electron chi connectivity index (χ0n) is 15.7. The van der Waals surface area contributed by atoms with Gasteiger partial charge >= 0.3 is 12.1 Å². The molecule has 3 fully saturated rings. The van der Waals surface area contributed by atoms with Crippen LogP contribution in [-0.4, -0.2) is 76.8 Å². The molecule has 3 saturated heterocycles. The van der Waals surface area contributed by atoms with Gasteiger partial charge in [-0.1, -0.05) is 30.3 Å². The quantitative estimate of drug-likeness (QED) is 0.722. The lowest BCUT2D eigenvalue weighted by molar-refractivity contribution is -0.141. The van der Waals surface area contributed by atoms with E-state index in [9.17, 15) is 19.2 Å². The molecule has 4 rings (SSSR count). The Hall–Kier alpha value is -3.10. The van der Waals surface area contributed by atoms with E-state index >= 15 is 0 Å². The number of rotatable bonds is 3. The van der Waals surface area contributed by atoms with Gasteiger partial charge in [0, 0.05) is 33.2 Å². The maximum atomic E-state index is 13.0. The third-order valence-electron chi connectivity index (χ3n) is 5.89. The normalized spacial score (nSPS) is 24.0. The fraction of sp³-hybridized carbons (Fsp3) is 0.474. The number of nitrogens with one attached hydrogen (secondary N) is 2. The molecule has 1 unspecified atom stereocenters. The third kappa shape index (κ3) is 2.87. The summed E-state index contributed by atoms with van der Waals surface area (Å²) in [4.78, 5) is 54.1. The van der Waals surface area contributed by atoms with Crippen LogP contribution in [0.1, 0.15) is 18.4 Å². The smallest absolute Gasteiger partial charge is 0.327 e. The molecule has 3 aliphatic heterocycles. The van der Waals surface area contributed by atoms with E-state index in [2.05, 4.69) is 10.6 Å². The topological polar surface area (TPSA) is 102 Å². The number of benzene rings is 1. The van der Waals surface area contributed by atoms with Crippen molar-refractivity contribution in [1.29, 1.82) is 0 Å². The molecule has 3 heterocycles. The van der Waals surface area contributed by atoms with Crippen molar-refractivity contribution in [2.45, 2.75) is 31.0 Å². The number of likely N-dealkylation sites (tertiary alicyclic amines) is 1. The number of nitrogens with zero attached hydrogens (tertiary/aromatic N) is 3. The van der Waals surface area contributed by atoms with Crippen molar-refractivity contribution in [1.82, 2.24) is 25.3 Å². The van der Waals surface area contributed by atoms with Crippen molar-refractivity contribution in [3.05, 3.63) is 35.9 Å². The maximum absolute atomic E-state index is 13.0. The van der Waals surface area contributed by atoms with E-state index in [0.29, 0.717) is 32.5 Å². The minimum atomic E-state index is -0.921. The Kier molecular flexibility index (Phi) is 4.44. The lowest BCUT2D eigenvalue weighted by atomic mass is 9.85. The van der Waals surface area contributed by atoms with E-state index in [-0.39, 0.29) is 30.4 Å². The van der Waals surface area contributed by atoms with Gasteiger partial charge in [-0.3, -0.25) is 14.5 Å². The average molecular weight is 385 g/mol. The fourth-order valence-electron chi connectivity index (χ4n) is 4.27. The predicted octanol–water partition coefficient (Wildman–Crippen LogP) is 0.123. The zero-order valence-corrected chi connectivity index (χ0v) is 15.7. The van der Waals surface area contributed by atoms with Gasteiger partial charge < -0.3 is 20.4 Å². The summed E-state index contributed by atoms with van der Waals surface area (Å²) in [5.74, 6) is -0.371. The highest BCUT2D eigenvalue weighted by molar-refractivity contribution is 6.07. The summed E-state index contributed by atoms with van der Waals surface area (Å²) in [5, 5.41) is 5.18. The van der Waals surface area contributed by atoms with Crippen molar-refractivity contribution in [2.75, 3.05) is 26.7 Å². The molecule has 28 heavy (non-hydrogen) atoms. The van der Waals surface area contributed by atoms with Gasteiger partial charge in [0.25, 0.3) is 5.91 Å². The molecular formula is C19H23N5O4. The molecule has 0 bridgehead atoms. The Labute approximate surface area is 162 Å². The molecule has 9 nitrogen and oxygen atoms in total. The molecule has 1 atom stereocenters. The van der Waals surface area contributed by atoms with Crippen molar-refractivity contribution in [3.63, 3.8) is 0 Å². The number of hydrogen-bond donors (Lipinski definition) is 2. The number of imide groups is 1. The zero-order chi connectivity index (χ0) is 19.9. The van der Waals surface area contributed by atoms with Crippen LogP contribution in [-0.2, 0) is 16.1 Å². The van der Waals surface area contributed by atoms with E-state index in [1.807, 2.05) is 30.3 Å². The van der Waals surface area contributed by atoms with E-state index < -0.39 is 11.6 Å². The second-order valence-corrected chi connectivity index (χ2v) is 7.48. The molecule has 2 N–H and O–H groups in total. The van der Waals surface area contributed by atoms with Gasteiger partial charge in [0.15, 0.2) is 0 Å². The summed E-state index contributed by atoms with van der Waals surface area (Å²) in [6, 6.07) is 8.34. The highest BCUT2D eigenvalue weighted by Gasteiger charge is 2.57. The van der Waals surface area contributed by atoms with E-state index in [0.717, 1.165) is 5.56 Å². The fourth-order valence-corrected chi connectivity index (χ4v) is 4.27. The largest absolute Gasteiger partial charge is 0.341 e. The molecule has 9 heteroatoms. The molecule has 1 aromatic carbocycles. The second kappa shape index (κ2) is 6.81. The number of amides is 6. The van der Waals surface area contributed by atoms with E-state index in [4.69, 9.17) is 0 Å². The Morgan fingerprint density at radius 1 is 1.14 bits per heavy atom. The van der Waals surface area contributed by atoms with Gasteiger partial charge in [0.2, 0.25) is 5.91 Å². The first-order valence-corrected chi connectivity index (χ1v) is 9.39. The summed E-state index contributed by atoms with van der Waals surface area (Å²) in [7, 11) is 1.51. The van der Waals surface area contributed by atoms with Crippen LogP contribution >= 0.6 is 0 Å². The average Bonchev–Trinajstić information content (AvgIpc) is 3.22. The van der Waals surface area contributed by atoms with Gasteiger partial charge in [-0.05, 0) is 18.4 Å². The lowest BCUT2D eigenvalue weighted by Crippen LogP contribution is -2.58. The Morgan fingerprint density at radius 3 is 2.43 bits per heavy atom. The number of piperidine rings is 1. The molecule has 1 spiro atoms. The monoisotopic (exact) mass is 385 g/mol. The maximum Gasteiger partial charge on any atom is 0.327 e. The molecule has 3 aliphatic rings. The molecule has 0 aliphatic carbocycles. The first kappa shape index (κ1) is 18.3. The third-order valence-corrected chi connectivity index (χ3v) is 5.89. The predicted molar refractivity (Wildman–Crippen MR) is 99.0 cm³/mol. The summed E-state index contributed by atoms with van der Waals surface area (Å²) in [5.41, 5.74) is 0.0342. The van der Waals surface area contributed by atoms with Gasteiger partial charge in [-0.25, -0.2) is 9.59 Å². The van der Waals surface area contributed by atoms with E-state index in [1.54, 1.807) is 9.80 Å². The summed E-state index contributed by atoms with van der Waals surface area (Å²) in [6.45, 7) is 1.35. The SMILES string of the molecule is CN1C(=O)N(Cc2ccccc2)C2(CCN(C(=O)C3CNC(=O)N3)CC2)C1=O. The number of urea groups is 2. The second-order valence-electron chi connectivity index (χ2n) is 7.48. The van der Waals surface area contributed by atoms with Crippen LogP contribution in [0.2, 0.25) is 0 Å². The van der Waals surface area contributed by atoms with Gasteiger partial charge in [-0.15, -0.1) is 0 Å². The molecule has 0 radical (unpaired) electrons. The minimum absolute atomic E-state index is 0.159. The van der Waals surface area contributed by atoms with Crippen LogP contribution in [0.4, 0.5) is 9.59 Å². The number of likely N-dealkylation sites (N-methyl/N-ethyl adjacent to an activating group) is 1. The minimum Gasteiger partial charge on any atom is -0.341 e. The van der Waals surface area contributed by atoms with Gasteiger partial charge in [0.05, 0.1) is 0 Å². The highest BCUT2D eigenvalue weighted by atomic mass is 16.2. The van der Waals surface area contributed by atoms with Crippen LogP contribution < -0.4 is 10.6 Å². The number of carbonyl (C=O) groups is 4. The first-order chi connectivity index (χ1) is 13.4. The van der Waals surface area contributed by atoms with Crippen LogP contribution in [0, 0.1) is 0 Å². The number of carbonyl (C=O) groups excluding carboxylic acids is 4.